The number of carbonyl (C=O) groups is 4. The van der Waals surface area contributed by atoms with E-state index < -0.39 is 0 Å². The summed E-state index contributed by atoms with van der Waals surface area (Å²) in [5.74, 6) is -0.347. The zero-order valence-corrected chi connectivity index (χ0v) is 52.1. The van der Waals surface area contributed by atoms with Gasteiger partial charge in [0.25, 0.3) is 23.6 Å². The van der Waals surface area contributed by atoms with E-state index in [1.807, 2.05) is 194 Å². The first-order valence-corrected chi connectivity index (χ1v) is 31.7. The van der Waals surface area contributed by atoms with Crippen LogP contribution in [0.25, 0.3) is 22.3 Å². The Labute approximate surface area is 549 Å². The third kappa shape index (κ3) is 12.5. The highest BCUT2D eigenvalue weighted by Crippen LogP contribution is 2.35. The molecule has 12 nitrogen and oxygen atoms in total. The highest BCUT2D eigenvalue weighted by atomic mass is 35.5. The number of hydrogen-bond acceptors (Lipinski definition) is 4. The lowest BCUT2D eigenvalue weighted by atomic mass is 10.00. The number of nitrogens with one attached hydrogen (secondary N) is 8. The molecule has 13 rings (SSSR count). The topological polar surface area (TPSA) is 180 Å². The fourth-order valence-corrected chi connectivity index (χ4v) is 12.4. The second-order valence-corrected chi connectivity index (χ2v) is 23.0. The number of rotatable bonds is 16. The van der Waals surface area contributed by atoms with E-state index in [0.29, 0.717) is 134 Å². The number of fused-ring (bicyclic) bond motifs is 8. The second-order valence-electron chi connectivity index (χ2n) is 22.0. The lowest BCUT2D eigenvalue weighted by molar-refractivity contribution is 0.101. The number of hydrogen-bond donors (Lipinski definition) is 8. The van der Waals surface area contributed by atoms with Gasteiger partial charge in [-0.1, -0.05) is 121 Å². The second kappa shape index (κ2) is 26.8. The zero-order chi connectivity index (χ0) is 63.2. The van der Waals surface area contributed by atoms with Crippen LogP contribution in [-0.4, -0.2) is 43.6 Å². The number of aromatic nitrogens is 4. The van der Waals surface area contributed by atoms with Crippen LogP contribution in [0.4, 0.5) is 22.7 Å². The number of H-pyrrole nitrogens is 4. The van der Waals surface area contributed by atoms with Crippen LogP contribution >= 0.6 is 46.4 Å². The molecule has 0 saturated heterocycles. The van der Waals surface area contributed by atoms with Crippen molar-refractivity contribution >= 4 is 115 Å². The van der Waals surface area contributed by atoms with Gasteiger partial charge in [-0.3, -0.25) is 19.2 Å². The Kier molecular flexibility index (Phi) is 17.6. The molecular formula is C76H56Cl4N8O4. The molecule has 0 radical (unpaired) electrons. The molecule has 8 bridgehead atoms. The van der Waals surface area contributed by atoms with E-state index in [0.717, 1.165) is 22.3 Å². The summed E-state index contributed by atoms with van der Waals surface area (Å²) in [7, 11) is 0. The minimum absolute atomic E-state index is 0.239. The Morgan fingerprint density at radius 3 is 0.717 bits per heavy atom. The third-order valence-electron chi connectivity index (χ3n) is 16.1. The van der Waals surface area contributed by atoms with Gasteiger partial charge in [-0.15, -0.1) is 46.4 Å². The Morgan fingerprint density at radius 2 is 0.489 bits per heavy atom. The van der Waals surface area contributed by atoms with Crippen LogP contribution in [0.3, 0.4) is 0 Å². The predicted molar refractivity (Wildman–Crippen MR) is 370 cm³/mol. The zero-order valence-electron chi connectivity index (χ0n) is 49.1. The maximum atomic E-state index is 14.4. The van der Waals surface area contributed by atoms with Gasteiger partial charge in [0.1, 0.15) is 0 Å². The van der Waals surface area contributed by atoms with Gasteiger partial charge in [-0.2, -0.15) is 0 Å². The molecule has 8 N–H and O–H groups in total. The average molecular weight is 1290 g/mol. The summed E-state index contributed by atoms with van der Waals surface area (Å²) in [6.45, 7) is 0. The van der Waals surface area contributed by atoms with Gasteiger partial charge in [-0.05, 0) is 144 Å². The normalized spacial score (nSPS) is 12.0. The van der Waals surface area contributed by atoms with Crippen molar-refractivity contribution < 1.29 is 19.2 Å². The van der Waals surface area contributed by atoms with E-state index >= 15 is 0 Å². The van der Waals surface area contributed by atoms with Crippen molar-refractivity contribution in [3.05, 3.63) is 354 Å². The molecule has 0 atom stereocenters. The van der Waals surface area contributed by atoms with Crippen LogP contribution in [0, 0.1) is 0 Å². The first-order valence-electron chi connectivity index (χ1n) is 29.5. The molecule has 4 aromatic heterocycles. The monoisotopic (exact) mass is 1280 g/mol. The average Bonchev–Trinajstić information content (AvgIpc) is 1.60. The van der Waals surface area contributed by atoms with Gasteiger partial charge in [0.15, 0.2) is 0 Å². The van der Waals surface area contributed by atoms with Gasteiger partial charge < -0.3 is 41.2 Å². The summed E-state index contributed by atoms with van der Waals surface area (Å²) in [5.41, 5.74) is 15.3. The Balaban J connectivity index is 1.08. The molecule has 1 aliphatic heterocycles. The Morgan fingerprint density at radius 1 is 0.261 bits per heavy atom. The van der Waals surface area contributed by atoms with Crippen molar-refractivity contribution in [2.45, 2.75) is 23.5 Å². The molecular weight excluding hydrogens is 1230 g/mol. The van der Waals surface area contributed by atoms with E-state index in [1.165, 1.54) is 0 Å². The van der Waals surface area contributed by atoms with Crippen molar-refractivity contribution in [1.82, 2.24) is 19.9 Å². The van der Waals surface area contributed by atoms with Crippen LogP contribution in [-0.2, 0) is 23.5 Å². The molecule has 4 amide bonds. The summed E-state index contributed by atoms with van der Waals surface area (Å²) in [4.78, 5) is 72.8. The third-order valence-corrected chi connectivity index (χ3v) is 17.3. The molecule has 1 aliphatic rings. The molecule has 452 valence electrons. The Hall–Kier alpha value is -10.6. The number of benzene rings is 8. The smallest absolute Gasteiger partial charge is 0.255 e. The highest BCUT2D eigenvalue weighted by Gasteiger charge is 2.25. The maximum absolute atomic E-state index is 14.4. The molecule has 0 spiro atoms. The summed E-state index contributed by atoms with van der Waals surface area (Å²) >= 11 is 25.1. The van der Waals surface area contributed by atoms with Crippen molar-refractivity contribution in [2.24, 2.45) is 0 Å². The van der Waals surface area contributed by atoms with E-state index in [1.54, 1.807) is 48.5 Å². The van der Waals surface area contributed by atoms with Crippen LogP contribution < -0.4 is 42.7 Å². The minimum atomic E-state index is -0.326. The van der Waals surface area contributed by atoms with Gasteiger partial charge >= 0.3 is 0 Å². The SMILES string of the molecule is O=C(Nc1ccccc1C1=c2ccc([nH]2)=C(c2ccccc2NC(=O)c2cccc(CCl)c2)c2ccc([nH]2)C(c2ccccc2NC(=O)c2cccc(CCl)c2)=c2ccc([nH]2)=C(c2ccccc2NC(=O)c2cccc(CCl)c2)c2ccc1[nH]2)c1cccc(CCl)c1. The molecule has 0 saturated carbocycles. The molecule has 0 aliphatic carbocycles. The summed E-state index contributed by atoms with van der Waals surface area (Å²) in [6, 6.07) is 75.4. The van der Waals surface area contributed by atoms with E-state index in [2.05, 4.69) is 41.2 Å². The standard InChI is InChI=1S/C76H56Cl4N8O4/c77-41-45-13-9-17-49(37-45)73(89)85-57-25-5-1-21-53(57)69-61-29-31-63(81-61)70(54-22-2-6-26-58(54)86-74(90)50-18-10-14-46(38-50)42-78)65-33-35-67(83-65)72(56-24-4-8-28-60(56)88-76(92)52-20-12-16-48(40-52)44-80)68-36-34-66(84-68)71(64-32-30-62(69)82-64)55-23-3-7-27-59(55)87-75(91)51-19-11-15-47(39-51)43-79/h1-40,81-84H,41-44H2,(H,85,89)(H,86,90)(H,87,91)(H,88,92). The lowest BCUT2D eigenvalue weighted by Crippen LogP contribution is -2.21. The van der Waals surface area contributed by atoms with Gasteiger partial charge in [0.2, 0.25) is 0 Å². The summed E-state index contributed by atoms with van der Waals surface area (Å²) in [6.07, 6.45) is 0. The number of halogens is 4. The summed E-state index contributed by atoms with van der Waals surface area (Å²) in [5, 5.41) is 15.6. The van der Waals surface area contributed by atoms with Gasteiger partial charge in [0.05, 0.1) is 0 Å². The van der Waals surface area contributed by atoms with Crippen LogP contribution in [0.1, 0.15) is 109 Å². The molecule has 12 aromatic rings. The first-order chi connectivity index (χ1) is 45.0. The van der Waals surface area contributed by atoms with Crippen LogP contribution in [0.2, 0.25) is 0 Å². The van der Waals surface area contributed by atoms with Crippen LogP contribution in [0.5, 0.6) is 0 Å². The van der Waals surface area contributed by atoms with Crippen molar-refractivity contribution in [2.75, 3.05) is 21.3 Å². The highest BCUT2D eigenvalue weighted by molar-refractivity contribution is 6.18. The van der Waals surface area contributed by atoms with Crippen molar-refractivity contribution in [3.8, 4) is 0 Å². The molecule has 5 heterocycles. The number of alkyl halides is 4. The molecule has 0 fully saturated rings. The number of amides is 4. The van der Waals surface area contributed by atoms with Crippen LogP contribution in [0.15, 0.2) is 243 Å². The number of aromatic amines is 4. The number of para-hydroxylation sites is 4. The molecule has 92 heavy (non-hydrogen) atoms. The fraction of sp³-hybridized carbons (Fsp3) is 0.0526. The van der Waals surface area contributed by atoms with E-state index in [-0.39, 0.29) is 47.1 Å². The fourth-order valence-electron chi connectivity index (χ4n) is 11.7. The maximum Gasteiger partial charge on any atom is 0.255 e. The molecule has 8 aromatic carbocycles. The van der Waals surface area contributed by atoms with Crippen molar-refractivity contribution in [1.29, 1.82) is 0 Å². The Bertz CT molecular complexity index is 4510. The number of carbonyl (C=O) groups excluding carboxylic acids is 4. The minimum Gasteiger partial charge on any atom is -0.354 e. The predicted octanol–water partition coefficient (Wildman–Crippen LogP) is 14.3. The van der Waals surface area contributed by atoms with E-state index in [9.17, 15) is 19.2 Å². The largest absolute Gasteiger partial charge is 0.354 e. The van der Waals surface area contributed by atoms with Gasteiger partial charge in [-0.25, -0.2) is 0 Å². The molecule has 16 heteroatoms. The number of anilines is 4. The van der Waals surface area contributed by atoms with Gasteiger partial charge in [0, 0.05) is 157 Å². The lowest BCUT2D eigenvalue weighted by Gasteiger charge is -2.16. The quantitative estimate of drug-likeness (QED) is 0.0449. The summed E-state index contributed by atoms with van der Waals surface area (Å²) < 4.78 is 0. The van der Waals surface area contributed by atoms with Crippen molar-refractivity contribution in [3.63, 3.8) is 0 Å². The van der Waals surface area contributed by atoms with E-state index in [4.69, 9.17) is 46.4 Å². The molecule has 0 unspecified atom stereocenters. The first kappa shape index (κ1) is 60.3.